The molecule has 2 aromatic carbocycles. The predicted octanol–water partition coefficient (Wildman–Crippen LogP) is 5.57. The number of nitrogens with zero attached hydrogens (tertiary/aromatic N) is 1. The van der Waals surface area contributed by atoms with Crippen molar-refractivity contribution < 1.29 is 43.8 Å². The molecule has 5 atom stereocenters. The van der Waals surface area contributed by atoms with Crippen LogP contribution in [0, 0.1) is 45.1 Å². The molecule has 0 saturated heterocycles. The van der Waals surface area contributed by atoms with E-state index in [1.54, 1.807) is 0 Å². The third kappa shape index (κ3) is 11.2. The summed E-state index contributed by atoms with van der Waals surface area (Å²) in [6, 6.07) is 21.4. The summed E-state index contributed by atoms with van der Waals surface area (Å²) in [6.45, 7) is 33.6. The van der Waals surface area contributed by atoms with Crippen molar-refractivity contribution in [2.75, 3.05) is 0 Å². The Morgan fingerprint density at radius 3 is 1.90 bits per heavy atom. The zero-order valence-electron chi connectivity index (χ0n) is 23.9. The van der Waals surface area contributed by atoms with Crippen LogP contribution in [0.2, 0.25) is 0 Å². The van der Waals surface area contributed by atoms with Gasteiger partial charge in [-0.1, -0.05) is 0 Å². The molecule has 2 aliphatic rings. The van der Waals surface area contributed by atoms with Gasteiger partial charge in [0.2, 0.25) is 0 Å². The Balaban J connectivity index is 0. The summed E-state index contributed by atoms with van der Waals surface area (Å²) in [5.74, 6) is 1.18. The summed E-state index contributed by atoms with van der Waals surface area (Å²) in [7, 11) is 0. The summed E-state index contributed by atoms with van der Waals surface area (Å²) < 4.78 is 45.1. The van der Waals surface area contributed by atoms with Crippen LogP contribution in [0.1, 0.15) is 57.1 Å². The standard InChI is InChI=1S/C28H34N2O.5CO.Cr/c1-5-24-27(21-12-8-6-9-13-21)25(30-29-24)19-31-26-18-20(2)16-17-23(26)28(3,4)22-14-10-7-11-15-22;5*1-2;/h5-15,20,23-24,26-27,29H,1,16-18H2,2-4H3;;;;;;/t20-,23-,24+,26-,27+;;;;;;/m1....../s1. The third-order valence-electron chi connectivity index (χ3n) is 7.37. The monoisotopic (exact) mass is 606 g/mol. The van der Waals surface area contributed by atoms with Gasteiger partial charge in [0, 0.05) is 0 Å². The Bertz CT molecular complexity index is 1170. The Kier molecular flexibility index (Phi) is 22.7. The van der Waals surface area contributed by atoms with Crippen LogP contribution in [0.3, 0.4) is 0 Å². The first-order valence-corrected chi connectivity index (χ1v) is 13.3. The van der Waals surface area contributed by atoms with Gasteiger partial charge in [-0.15, -0.1) is 0 Å². The first-order valence-electron chi connectivity index (χ1n) is 12.7. The molecule has 2 aromatic rings. The molecule has 1 aliphatic heterocycles. The SMILES string of the molecule is C=C[C@@H]1NN=C([C](=[Cr])O[C@@H]2C[C@H](C)CC[C@H]2C(C)(C)c2ccccc2)[C@H]1c1ccccc1.[C-]#[O+].[C-]#[O+].[C-]#[O+].[C-]#[O+].[C-]#[O+]. The molecular weight excluding hydrogens is 572 g/mol. The van der Waals surface area contributed by atoms with Crippen molar-refractivity contribution in [3.63, 3.8) is 0 Å². The predicted molar refractivity (Wildman–Crippen MR) is 149 cm³/mol. The molecule has 0 amide bonds. The molecule has 9 heteroatoms. The van der Waals surface area contributed by atoms with Crippen LogP contribution in [0.15, 0.2) is 78.4 Å². The molecule has 1 aliphatic carbocycles. The van der Waals surface area contributed by atoms with Gasteiger partial charge in [0.25, 0.3) is 0 Å². The summed E-state index contributed by atoms with van der Waals surface area (Å²) in [5, 5.41) is 4.68. The topological polar surface area (TPSA) is 133 Å². The van der Waals surface area contributed by atoms with Gasteiger partial charge in [0.15, 0.2) is 0 Å². The molecule has 1 saturated carbocycles. The Morgan fingerprint density at radius 2 is 1.40 bits per heavy atom. The molecule has 0 radical (unpaired) electrons. The van der Waals surface area contributed by atoms with E-state index in [0.29, 0.717) is 11.8 Å². The van der Waals surface area contributed by atoms with Crippen molar-refractivity contribution >= 4 is 10.3 Å². The minimum atomic E-state index is 0.0323. The minimum absolute atomic E-state index is 0.0323. The molecule has 0 aromatic heterocycles. The first-order chi connectivity index (χ1) is 20.4. The third-order valence-corrected chi connectivity index (χ3v) is 7.84. The van der Waals surface area contributed by atoms with E-state index in [4.69, 9.17) is 28.0 Å². The number of hydrogen-bond donors (Lipinski definition) is 1. The molecule has 8 nitrogen and oxygen atoms in total. The second-order valence-electron chi connectivity index (χ2n) is 9.83. The Labute approximate surface area is 257 Å². The van der Waals surface area contributed by atoms with E-state index >= 15 is 0 Å². The number of hydrogen-bond acceptors (Lipinski definition) is 3. The van der Waals surface area contributed by atoms with Gasteiger partial charge in [-0.3, -0.25) is 0 Å². The Morgan fingerprint density at radius 1 is 0.905 bits per heavy atom. The average molecular weight is 607 g/mol. The molecule has 42 heavy (non-hydrogen) atoms. The zero-order valence-corrected chi connectivity index (χ0v) is 25.1. The van der Waals surface area contributed by atoms with Gasteiger partial charge in [0.1, 0.15) is 0 Å². The van der Waals surface area contributed by atoms with Gasteiger partial charge in [-0.05, 0) is 0 Å². The van der Waals surface area contributed by atoms with Gasteiger partial charge in [0.05, 0.1) is 0 Å². The number of benzene rings is 2. The fraction of sp³-hybridized carbons (Fsp3) is 0.364. The van der Waals surface area contributed by atoms with E-state index in [1.807, 2.05) is 12.1 Å². The van der Waals surface area contributed by atoms with Crippen LogP contribution in [0.25, 0.3) is 0 Å². The Hall–Kier alpha value is -3.29. The number of ether oxygens (including phenoxy) is 1. The van der Waals surface area contributed by atoms with E-state index in [1.165, 1.54) is 24.0 Å². The quantitative estimate of drug-likeness (QED) is 0.251. The van der Waals surface area contributed by atoms with E-state index in [9.17, 15) is 0 Å². The second kappa shape index (κ2) is 23.3. The molecular formula is C33H34CrN2O6. The van der Waals surface area contributed by atoms with Gasteiger partial charge in [-0.25, -0.2) is 0 Å². The number of nitrogens with one attached hydrogen (secondary N) is 1. The van der Waals surface area contributed by atoms with Crippen LogP contribution < -0.4 is 5.43 Å². The van der Waals surface area contributed by atoms with Crippen molar-refractivity contribution in [2.24, 2.45) is 16.9 Å². The van der Waals surface area contributed by atoms with Crippen molar-refractivity contribution in [1.82, 2.24) is 5.43 Å². The van der Waals surface area contributed by atoms with Gasteiger partial charge >= 0.3 is 258 Å². The molecule has 218 valence electrons. The number of hydrazone groups is 1. The molecule has 0 spiro atoms. The second-order valence-corrected chi connectivity index (χ2v) is 10.4. The molecule has 0 bridgehead atoms. The summed E-state index contributed by atoms with van der Waals surface area (Å²) >= 11 is 3.23. The fourth-order valence-corrected chi connectivity index (χ4v) is 5.87. The average Bonchev–Trinajstić information content (AvgIpc) is 3.51. The molecule has 1 N–H and O–H groups in total. The van der Waals surface area contributed by atoms with Crippen molar-refractivity contribution in [3.05, 3.63) is 118 Å². The maximum absolute atomic E-state index is 7.50. The van der Waals surface area contributed by atoms with Crippen molar-refractivity contribution in [1.29, 1.82) is 0 Å². The normalized spacial score (nSPS) is 21.5. The summed E-state index contributed by atoms with van der Waals surface area (Å²) in [5.41, 5.74) is 6.82. The fourth-order valence-electron chi connectivity index (χ4n) is 5.41. The molecule has 0 unspecified atom stereocenters. The maximum atomic E-state index is 7.50. The van der Waals surface area contributed by atoms with Crippen molar-refractivity contribution in [3.8, 4) is 0 Å². The van der Waals surface area contributed by atoms with Crippen molar-refractivity contribution in [2.45, 2.75) is 63.5 Å². The zero-order chi connectivity index (χ0) is 32.7. The van der Waals surface area contributed by atoms with E-state index < -0.39 is 0 Å². The summed E-state index contributed by atoms with van der Waals surface area (Å²) in [4.78, 5) is 0. The van der Waals surface area contributed by atoms with Crippen LogP contribution >= 0.6 is 0 Å². The van der Waals surface area contributed by atoms with Crippen LogP contribution in [0.4, 0.5) is 0 Å². The van der Waals surface area contributed by atoms with E-state index in [0.717, 1.165) is 16.7 Å². The van der Waals surface area contributed by atoms with Gasteiger partial charge in [-0.2, -0.15) is 0 Å². The molecule has 1 fully saturated rings. The molecule has 4 rings (SSSR count). The van der Waals surface area contributed by atoms with E-state index in [2.05, 4.69) is 142 Å². The first kappa shape index (κ1) is 40.9. The van der Waals surface area contributed by atoms with Crippen LogP contribution in [-0.2, 0) is 49.3 Å². The van der Waals surface area contributed by atoms with E-state index in [-0.39, 0.29) is 23.5 Å². The number of rotatable bonds is 7. The van der Waals surface area contributed by atoms with Crippen LogP contribution in [0.5, 0.6) is 0 Å². The van der Waals surface area contributed by atoms with Gasteiger partial charge < -0.3 is 0 Å². The molecule has 1 heterocycles. The summed E-state index contributed by atoms with van der Waals surface area (Å²) in [6.07, 6.45) is 5.56. The van der Waals surface area contributed by atoms with Crippen LogP contribution in [-0.4, -0.2) is 22.4 Å².